The van der Waals surface area contributed by atoms with Gasteiger partial charge in [-0.15, -0.1) is 24.0 Å². The molecule has 3 rings (SSSR count). The van der Waals surface area contributed by atoms with Gasteiger partial charge in [0.2, 0.25) is 0 Å². The molecule has 9 heteroatoms. The van der Waals surface area contributed by atoms with Gasteiger partial charge in [0.25, 0.3) is 0 Å². The maximum Gasteiger partial charge on any atom is 0.194 e. The minimum Gasteiger partial charge on any atom is -0.352 e. The van der Waals surface area contributed by atoms with Crippen molar-refractivity contribution in [1.29, 1.82) is 0 Å². The Morgan fingerprint density at radius 2 is 2.19 bits per heavy atom. The summed E-state index contributed by atoms with van der Waals surface area (Å²) >= 11 is 6.07. The van der Waals surface area contributed by atoms with Crippen LogP contribution in [0.1, 0.15) is 11.3 Å². The standard InChI is InChI=1S/C18H22ClN7.HI/c1-20-18(25(3)12-16-9-15(19)11-24(16)2)23-10-14-5-4-6-22-17(14)26-8-7-21-13-26;/h4-9,11,13H,10,12H2,1-3H3,(H,20,23);1H. The average molecular weight is 500 g/mol. The van der Waals surface area contributed by atoms with E-state index in [4.69, 9.17) is 11.6 Å². The average Bonchev–Trinajstić information content (AvgIpc) is 3.26. The van der Waals surface area contributed by atoms with Gasteiger partial charge in [-0.3, -0.25) is 9.56 Å². The minimum absolute atomic E-state index is 0. The first-order valence-electron chi connectivity index (χ1n) is 8.23. The lowest BCUT2D eigenvalue weighted by Gasteiger charge is -2.22. The van der Waals surface area contributed by atoms with E-state index < -0.39 is 0 Å². The molecule has 3 aromatic heterocycles. The van der Waals surface area contributed by atoms with Gasteiger partial charge in [-0.1, -0.05) is 17.7 Å². The van der Waals surface area contributed by atoms with E-state index in [1.54, 1.807) is 25.8 Å². The van der Waals surface area contributed by atoms with Crippen molar-refractivity contribution in [3.8, 4) is 5.82 Å². The second kappa shape index (κ2) is 9.75. The molecule has 0 unspecified atom stereocenters. The Morgan fingerprint density at radius 3 is 2.81 bits per heavy atom. The Morgan fingerprint density at radius 1 is 1.37 bits per heavy atom. The Kier molecular flexibility index (Phi) is 7.66. The fourth-order valence-electron chi connectivity index (χ4n) is 2.79. The van der Waals surface area contributed by atoms with E-state index in [-0.39, 0.29) is 24.0 Å². The first kappa shape index (κ1) is 21.2. The van der Waals surface area contributed by atoms with Crippen LogP contribution in [0.5, 0.6) is 0 Å². The van der Waals surface area contributed by atoms with Crippen LogP contribution in [0.3, 0.4) is 0 Å². The van der Waals surface area contributed by atoms with E-state index in [1.807, 2.05) is 53.8 Å². The van der Waals surface area contributed by atoms with Crippen molar-refractivity contribution in [2.75, 3.05) is 14.1 Å². The molecule has 3 aromatic rings. The van der Waals surface area contributed by atoms with Crippen LogP contribution in [0, 0.1) is 0 Å². The summed E-state index contributed by atoms with van der Waals surface area (Å²) in [5.74, 6) is 1.65. The molecule has 0 radical (unpaired) electrons. The summed E-state index contributed by atoms with van der Waals surface area (Å²) < 4.78 is 3.92. The number of aryl methyl sites for hydroxylation is 1. The quantitative estimate of drug-likeness (QED) is 0.333. The maximum absolute atomic E-state index is 6.07. The summed E-state index contributed by atoms with van der Waals surface area (Å²) in [6.45, 7) is 1.30. The molecular weight excluding hydrogens is 477 g/mol. The van der Waals surface area contributed by atoms with Crippen LogP contribution >= 0.6 is 35.6 Å². The topological polar surface area (TPSA) is 63.3 Å². The summed E-state index contributed by atoms with van der Waals surface area (Å²) in [6, 6.07) is 5.93. The summed E-state index contributed by atoms with van der Waals surface area (Å²) in [5, 5.41) is 4.13. The zero-order valence-corrected chi connectivity index (χ0v) is 18.6. The molecule has 3 heterocycles. The Labute approximate surface area is 181 Å². The summed E-state index contributed by atoms with van der Waals surface area (Å²) in [7, 11) is 5.76. The van der Waals surface area contributed by atoms with Gasteiger partial charge in [-0.2, -0.15) is 0 Å². The van der Waals surface area contributed by atoms with Gasteiger partial charge >= 0.3 is 0 Å². The highest BCUT2D eigenvalue weighted by Gasteiger charge is 2.11. The first-order chi connectivity index (χ1) is 12.6. The number of rotatable bonds is 5. The fourth-order valence-corrected chi connectivity index (χ4v) is 3.06. The van der Waals surface area contributed by atoms with Crippen molar-refractivity contribution in [2.45, 2.75) is 13.1 Å². The van der Waals surface area contributed by atoms with Gasteiger partial charge in [0.1, 0.15) is 12.1 Å². The Balaban J connectivity index is 0.00000261. The van der Waals surface area contributed by atoms with Gasteiger partial charge in [0, 0.05) is 63.7 Å². The van der Waals surface area contributed by atoms with E-state index in [0.29, 0.717) is 13.1 Å². The van der Waals surface area contributed by atoms with Crippen LogP contribution in [0.2, 0.25) is 5.02 Å². The van der Waals surface area contributed by atoms with Crippen LogP contribution in [-0.4, -0.2) is 44.1 Å². The zero-order valence-electron chi connectivity index (χ0n) is 15.5. The normalized spacial score (nSPS) is 11.2. The number of halogens is 2. The summed E-state index contributed by atoms with van der Waals surface area (Å²) in [6.07, 6.45) is 9.04. The third-order valence-electron chi connectivity index (χ3n) is 4.10. The van der Waals surface area contributed by atoms with Crippen LogP contribution in [0.4, 0.5) is 0 Å². The molecule has 0 bridgehead atoms. The second-order valence-corrected chi connectivity index (χ2v) is 6.41. The van der Waals surface area contributed by atoms with E-state index in [1.165, 1.54) is 0 Å². The molecule has 0 amide bonds. The van der Waals surface area contributed by atoms with Crippen molar-refractivity contribution in [1.82, 2.24) is 29.3 Å². The molecule has 0 aliphatic heterocycles. The number of hydrogen-bond donors (Lipinski definition) is 1. The van der Waals surface area contributed by atoms with Crippen molar-refractivity contribution >= 4 is 41.5 Å². The zero-order chi connectivity index (χ0) is 18.5. The largest absolute Gasteiger partial charge is 0.352 e. The number of nitrogens with zero attached hydrogens (tertiary/aromatic N) is 6. The number of pyridine rings is 1. The predicted molar refractivity (Wildman–Crippen MR) is 119 cm³/mol. The lowest BCUT2D eigenvalue weighted by atomic mass is 10.2. The summed E-state index contributed by atoms with van der Waals surface area (Å²) in [4.78, 5) is 15.0. The van der Waals surface area contributed by atoms with Crippen molar-refractivity contribution in [3.63, 3.8) is 0 Å². The molecule has 0 aliphatic rings. The molecule has 0 aromatic carbocycles. The van der Waals surface area contributed by atoms with Gasteiger partial charge < -0.3 is 14.8 Å². The number of imidazole rings is 1. The molecule has 0 fully saturated rings. The molecule has 144 valence electrons. The van der Waals surface area contributed by atoms with E-state index >= 15 is 0 Å². The molecule has 0 saturated carbocycles. The van der Waals surface area contributed by atoms with Gasteiger partial charge in [-0.05, 0) is 12.1 Å². The molecule has 0 saturated heterocycles. The maximum atomic E-state index is 6.07. The van der Waals surface area contributed by atoms with Crippen molar-refractivity contribution in [2.24, 2.45) is 12.0 Å². The van der Waals surface area contributed by atoms with Crippen LogP contribution in [-0.2, 0) is 20.1 Å². The number of hydrogen-bond acceptors (Lipinski definition) is 3. The van der Waals surface area contributed by atoms with Crippen LogP contribution in [0.25, 0.3) is 5.82 Å². The molecule has 7 nitrogen and oxygen atoms in total. The highest BCUT2D eigenvalue weighted by Crippen LogP contribution is 2.14. The van der Waals surface area contributed by atoms with Gasteiger partial charge in [0.15, 0.2) is 5.96 Å². The lowest BCUT2D eigenvalue weighted by molar-refractivity contribution is 0.461. The van der Waals surface area contributed by atoms with Gasteiger partial charge in [0.05, 0.1) is 11.6 Å². The number of aromatic nitrogens is 4. The van der Waals surface area contributed by atoms with Crippen LogP contribution < -0.4 is 5.32 Å². The number of guanidine groups is 1. The third-order valence-corrected chi connectivity index (χ3v) is 4.31. The smallest absolute Gasteiger partial charge is 0.194 e. The molecule has 27 heavy (non-hydrogen) atoms. The highest BCUT2D eigenvalue weighted by atomic mass is 127. The van der Waals surface area contributed by atoms with Crippen LogP contribution in [0.15, 0.2) is 54.3 Å². The lowest BCUT2D eigenvalue weighted by Crippen LogP contribution is -2.38. The third kappa shape index (κ3) is 5.23. The van der Waals surface area contributed by atoms with Crippen molar-refractivity contribution in [3.05, 3.63) is 65.6 Å². The highest BCUT2D eigenvalue weighted by molar-refractivity contribution is 14.0. The van der Waals surface area contributed by atoms with E-state index in [9.17, 15) is 0 Å². The SMILES string of the molecule is CN=C(NCc1cccnc1-n1ccnc1)N(C)Cc1cc(Cl)cn1C.I. The molecule has 0 aliphatic carbocycles. The first-order valence-corrected chi connectivity index (χ1v) is 8.61. The van der Waals surface area contributed by atoms with Gasteiger partial charge in [-0.25, -0.2) is 9.97 Å². The summed E-state index contributed by atoms with van der Waals surface area (Å²) in [5.41, 5.74) is 2.17. The van der Waals surface area contributed by atoms with Crippen molar-refractivity contribution < 1.29 is 0 Å². The molecule has 1 N–H and O–H groups in total. The number of aliphatic imine (C=N–C) groups is 1. The second-order valence-electron chi connectivity index (χ2n) is 5.97. The fraction of sp³-hybridized carbons (Fsp3) is 0.278. The Hall–Kier alpha value is -2.07. The van der Waals surface area contributed by atoms with E-state index in [0.717, 1.165) is 28.1 Å². The molecule has 0 spiro atoms. The predicted octanol–water partition coefficient (Wildman–Crippen LogP) is 3.08. The Bertz CT molecular complexity index is 889. The number of nitrogens with one attached hydrogen (secondary N) is 1. The van der Waals surface area contributed by atoms with E-state index in [2.05, 4.69) is 25.2 Å². The molecular formula is C18H23ClIN7. The minimum atomic E-state index is 0. The monoisotopic (exact) mass is 499 g/mol. The molecule has 0 atom stereocenters.